The molecule has 1 aromatic carbocycles. The molecule has 0 radical (unpaired) electrons. The van der Waals surface area contributed by atoms with Crippen molar-refractivity contribution in [2.24, 2.45) is 5.73 Å². The molecule has 1 atom stereocenters. The van der Waals surface area contributed by atoms with Gasteiger partial charge in [-0.05, 0) is 32.9 Å². The quantitative estimate of drug-likeness (QED) is 0.918. The summed E-state index contributed by atoms with van der Waals surface area (Å²) in [5, 5.41) is 3.75. The van der Waals surface area contributed by atoms with Crippen LogP contribution in [0.2, 0.25) is 0 Å². The molecule has 1 heterocycles. The molecule has 1 aromatic heterocycles. The molecule has 0 aliphatic heterocycles. The Bertz CT molecular complexity index is 626. The van der Waals surface area contributed by atoms with E-state index in [1.54, 1.807) is 6.92 Å². The van der Waals surface area contributed by atoms with Gasteiger partial charge in [0.1, 0.15) is 17.2 Å². The molecule has 0 aliphatic carbocycles. The third-order valence-corrected chi connectivity index (χ3v) is 2.81. The number of aromatic nitrogens is 2. The number of hydrogen-bond donors (Lipinski definition) is 1. The van der Waals surface area contributed by atoms with Crippen LogP contribution in [-0.2, 0) is 10.3 Å². The van der Waals surface area contributed by atoms with Crippen molar-refractivity contribution in [2.45, 2.75) is 32.4 Å². The van der Waals surface area contributed by atoms with Crippen LogP contribution < -0.4 is 5.73 Å². The number of rotatable bonds is 5. The highest BCUT2D eigenvalue weighted by Crippen LogP contribution is 2.24. The molecular weight excluding hydrogens is 280 g/mol. The van der Waals surface area contributed by atoms with Gasteiger partial charge in [0.05, 0.1) is 18.3 Å². The second kappa shape index (κ2) is 5.87. The van der Waals surface area contributed by atoms with Crippen molar-refractivity contribution in [3.8, 4) is 11.5 Å². The number of ether oxygens (including phenoxy) is 1. The lowest BCUT2D eigenvalue weighted by atomic mass is 10.1. The summed E-state index contributed by atoms with van der Waals surface area (Å²) in [4.78, 5) is 4.08. The van der Waals surface area contributed by atoms with Gasteiger partial charge < -0.3 is 15.0 Å². The Balaban J connectivity index is 2.25. The van der Waals surface area contributed by atoms with Gasteiger partial charge >= 0.3 is 0 Å². The Labute approximate surface area is 121 Å². The zero-order valence-electron chi connectivity index (χ0n) is 12.1. The van der Waals surface area contributed by atoms with Crippen molar-refractivity contribution in [3.63, 3.8) is 0 Å². The van der Waals surface area contributed by atoms with Gasteiger partial charge in [-0.2, -0.15) is 4.98 Å². The number of halogens is 2. The summed E-state index contributed by atoms with van der Waals surface area (Å²) in [5.74, 6) is -1.31. The van der Waals surface area contributed by atoms with Crippen LogP contribution in [-0.4, -0.2) is 22.9 Å². The summed E-state index contributed by atoms with van der Waals surface area (Å²) < 4.78 is 37.0. The Morgan fingerprint density at radius 1 is 1.38 bits per heavy atom. The van der Waals surface area contributed by atoms with E-state index in [0.717, 1.165) is 12.1 Å². The maximum absolute atomic E-state index is 13.7. The summed E-state index contributed by atoms with van der Waals surface area (Å²) in [5.41, 5.74) is 5.13. The van der Waals surface area contributed by atoms with E-state index in [1.165, 1.54) is 6.07 Å². The maximum Gasteiger partial charge on any atom is 0.260 e. The van der Waals surface area contributed by atoms with Crippen LogP contribution >= 0.6 is 0 Å². The summed E-state index contributed by atoms with van der Waals surface area (Å²) in [6, 6.07) is 3.11. The predicted octanol–water partition coefficient (Wildman–Crippen LogP) is 2.61. The summed E-state index contributed by atoms with van der Waals surface area (Å²) in [6.45, 7) is 5.64. The molecule has 0 saturated heterocycles. The first-order chi connectivity index (χ1) is 9.79. The van der Waals surface area contributed by atoms with E-state index < -0.39 is 17.2 Å². The van der Waals surface area contributed by atoms with E-state index in [1.807, 2.05) is 13.8 Å². The molecule has 0 spiro atoms. The smallest absolute Gasteiger partial charge is 0.260 e. The zero-order valence-corrected chi connectivity index (χ0v) is 12.1. The fourth-order valence-electron chi connectivity index (χ4n) is 1.63. The maximum atomic E-state index is 13.7. The van der Waals surface area contributed by atoms with Crippen LogP contribution in [0.15, 0.2) is 22.7 Å². The molecule has 0 bridgehead atoms. The second-order valence-electron chi connectivity index (χ2n) is 5.32. The molecule has 2 rings (SSSR count). The van der Waals surface area contributed by atoms with Gasteiger partial charge in [-0.1, -0.05) is 5.16 Å². The highest BCUT2D eigenvalue weighted by atomic mass is 19.1. The molecule has 21 heavy (non-hydrogen) atoms. The molecule has 7 heteroatoms. The monoisotopic (exact) mass is 297 g/mol. The molecule has 114 valence electrons. The van der Waals surface area contributed by atoms with Gasteiger partial charge in [0.25, 0.3) is 5.89 Å². The summed E-state index contributed by atoms with van der Waals surface area (Å²) in [6.07, 6.45) is 0.00814. The van der Waals surface area contributed by atoms with Crippen molar-refractivity contribution in [2.75, 3.05) is 6.61 Å². The van der Waals surface area contributed by atoms with Gasteiger partial charge in [0, 0.05) is 6.07 Å². The minimum atomic E-state index is -0.970. The summed E-state index contributed by atoms with van der Waals surface area (Å²) in [7, 11) is 0. The average molecular weight is 297 g/mol. The molecule has 5 nitrogen and oxygen atoms in total. The first kappa shape index (κ1) is 15.5. The van der Waals surface area contributed by atoms with E-state index in [4.69, 9.17) is 15.0 Å². The normalized spacial score (nSPS) is 14.4. The zero-order chi connectivity index (χ0) is 15.6. The van der Waals surface area contributed by atoms with Crippen molar-refractivity contribution in [3.05, 3.63) is 35.7 Å². The Morgan fingerprint density at radius 2 is 2.10 bits per heavy atom. The van der Waals surface area contributed by atoms with Crippen molar-refractivity contribution in [1.82, 2.24) is 10.1 Å². The number of benzene rings is 1. The SMILES string of the molecule is CC(C)OCC(C)(N)c1noc(-c2ccc(F)cc2F)n1. The third-order valence-electron chi connectivity index (χ3n) is 2.81. The molecule has 0 amide bonds. The highest BCUT2D eigenvalue weighted by Gasteiger charge is 2.29. The van der Waals surface area contributed by atoms with Crippen LogP contribution in [0.25, 0.3) is 11.5 Å². The molecule has 0 fully saturated rings. The molecule has 0 saturated carbocycles. The lowest BCUT2D eigenvalue weighted by molar-refractivity contribution is 0.0410. The highest BCUT2D eigenvalue weighted by molar-refractivity contribution is 5.53. The first-order valence-electron chi connectivity index (χ1n) is 6.49. The van der Waals surface area contributed by atoms with Crippen molar-refractivity contribution >= 4 is 0 Å². The molecule has 2 aromatic rings. The van der Waals surface area contributed by atoms with Crippen LogP contribution in [0.5, 0.6) is 0 Å². The van der Waals surface area contributed by atoms with E-state index in [0.29, 0.717) is 0 Å². The molecular formula is C14H17F2N3O2. The van der Waals surface area contributed by atoms with Crippen LogP contribution in [0.4, 0.5) is 8.78 Å². The first-order valence-corrected chi connectivity index (χ1v) is 6.49. The van der Waals surface area contributed by atoms with Crippen LogP contribution in [0.3, 0.4) is 0 Å². The lowest BCUT2D eigenvalue weighted by Gasteiger charge is -2.21. The molecule has 2 N–H and O–H groups in total. The second-order valence-corrected chi connectivity index (χ2v) is 5.32. The van der Waals surface area contributed by atoms with Gasteiger partial charge in [-0.3, -0.25) is 0 Å². The van der Waals surface area contributed by atoms with Crippen LogP contribution in [0.1, 0.15) is 26.6 Å². The van der Waals surface area contributed by atoms with E-state index >= 15 is 0 Å². The summed E-state index contributed by atoms with van der Waals surface area (Å²) >= 11 is 0. The fraction of sp³-hybridized carbons (Fsp3) is 0.429. The van der Waals surface area contributed by atoms with E-state index in [2.05, 4.69) is 10.1 Å². The van der Waals surface area contributed by atoms with Crippen LogP contribution in [0, 0.1) is 11.6 Å². The van der Waals surface area contributed by atoms with Gasteiger partial charge in [0.15, 0.2) is 5.82 Å². The van der Waals surface area contributed by atoms with E-state index in [-0.39, 0.29) is 30.0 Å². The lowest BCUT2D eigenvalue weighted by Crippen LogP contribution is -2.40. The predicted molar refractivity (Wildman–Crippen MR) is 72.3 cm³/mol. The Kier molecular flexibility index (Phi) is 4.34. The topological polar surface area (TPSA) is 74.2 Å². The van der Waals surface area contributed by atoms with E-state index in [9.17, 15) is 8.78 Å². The Morgan fingerprint density at radius 3 is 2.71 bits per heavy atom. The Hall–Kier alpha value is -1.86. The van der Waals surface area contributed by atoms with Crippen molar-refractivity contribution in [1.29, 1.82) is 0 Å². The molecule has 1 unspecified atom stereocenters. The van der Waals surface area contributed by atoms with Gasteiger partial charge in [0.2, 0.25) is 0 Å². The average Bonchev–Trinajstić information content (AvgIpc) is 2.86. The number of hydrogen-bond acceptors (Lipinski definition) is 5. The number of nitrogens with zero attached hydrogens (tertiary/aromatic N) is 2. The third kappa shape index (κ3) is 3.62. The van der Waals surface area contributed by atoms with Gasteiger partial charge in [-0.25, -0.2) is 8.78 Å². The number of nitrogens with two attached hydrogens (primary N) is 1. The van der Waals surface area contributed by atoms with Crippen molar-refractivity contribution < 1.29 is 18.0 Å². The minimum absolute atomic E-state index is 0.00814. The standard InChI is InChI=1S/C14H17F2N3O2/c1-8(2)20-7-14(3,17)13-18-12(21-19-13)10-5-4-9(15)6-11(10)16/h4-6,8H,7,17H2,1-3H3. The fourth-order valence-corrected chi connectivity index (χ4v) is 1.63. The largest absolute Gasteiger partial charge is 0.376 e. The minimum Gasteiger partial charge on any atom is -0.376 e. The molecule has 0 aliphatic rings. The van der Waals surface area contributed by atoms with Gasteiger partial charge in [-0.15, -0.1) is 0 Å².